The van der Waals surface area contributed by atoms with Gasteiger partial charge in [-0.3, -0.25) is 0 Å². The Morgan fingerprint density at radius 1 is 0.970 bits per heavy atom. The van der Waals surface area contributed by atoms with Crippen molar-refractivity contribution in [3.05, 3.63) is 36.5 Å². The summed E-state index contributed by atoms with van der Waals surface area (Å²) >= 11 is 3.56. The Kier molecular flexibility index (Phi) is 5.74. The molecule has 1 heterocycles. The Bertz CT molecular complexity index is 991. The van der Waals surface area contributed by atoms with Gasteiger partial charge in [-0.15, -0.1) is 11.3 Å². The highest BCUT2D eigenvalue weighted by Gasteiger charge is 2.64. The first-order chi connectivity index (χ1) is 15.9. The second kappa shape index (κ2) is 8.38. The number of rotatable bonds is 4. The van der Waals surface area contributed by atoms with Crippen LogP contribution in [-0.4, -0.2) is 21.4 Å². The maximum absolute atomic E-state index is 12.1. The van der Waals surface area contributed by atoms with E-state index in [1.807, 2.05) is 6.20 Å². The SMILES string of the molecule is C[C@]12CCCCC1CCC1C2CC[C@@]2(C)C1CC[C@@]2(O)CSc1ncc(-c2ccccc2)s1. The van der Waals surface area contributed by atoms with Crippen molar-refractivity contribution in [2.24, 2.45) is 34.5 Å². The molecule has 0 amide bonds. The minimum Gasteiger partial charge on any atom is -0.388 e. The summed E-state index contributed by atoms with van der Waals surface area (Å²) in [6.45, 7) is 5.11. The van der Waals surface area contributed by atoms with E-state index in [-0.39, 0.29) is 5.41 Å². The standard InChI is InChI=1S/C29H39NOS2/c1-27-15-7-6-10-21(27)11-12-22-23(27)13-16-28(2)24(22)14-17-29(28,31)19-32-26-30-18-25(33-26)20-8-4-3-5-9-20/h3-5,8-9,18,21-24,31H,6-7,10-17,19H2,1-2H3/t21?,22?,23?,24?,27-,28-,29+/m0/s1. The predicted octanol–water partition coefficient (Wildman–Crippen LogP) is 8.07. The number of aromatic nitrogens is 1. The zero-order chi connectivity index (χ0) is 22.7. The fraction of sp³-hybridized carbons (Fsp3) is 0.690. The Labute approximate surface area is 208 Å². The number of fused-ring (bicyclic) bond motifs is 5. The molecule has 2 aromatic rings. The van der Waals surface area contributed by atoms with Crippen LogP contribution in [0.2, 0.25) is 0 Å². The van der Waals surface area contributed by atoms with E-state index in [2.05, 4.69) is 44.2 Å². The van der Waals surface area contributed by atoms with Crippen LogP contribution in [0.15, 0.2) is 40.9 Å². The summed E-state index contributed by atoms with van der Waals surface area (Å²) in [4.78, 5) is 5.92. The molecule has 6 rings (SSSR count). The van der Waals surface area contributed by atoms with Gasteiger partial charge >= 0.3 is 0 Å². The smallest absolute Gasteiger partial charge is 0.150 e. The minimum absolute atomic E-state index is 0.0680. The summed E-state index contributed by atoms with van der Waals surface area (Å²) < 4.78 is 1.10. The first kappa shape index (κ1) is 22.6. The van der Waals surface area contributed by atoms with Crippen LogP contribution in [-0.2, 0) is 0 Å². The van der Waals surface area contributed by atoms with Crippen molar-refractivity contribution in [3.8, 4) is 10.4 Å². The van der Waals surface area contributed by atoms with Gasteiger partial charge in [0, 0.05) is 17.4 Å². The van der Waals surface area contributed by atoms with Crippen LogP contribution in [0, 0.1) is 34.5 Å². The predicted molar refractivity (Wildman–Crippen MR) is 140 cm³/mol. The lowest BCUT2D eigenvalue weighted by atomic mass is 9.44. The third kappa shape index (κ3) is 3.57. The molecule has 0 radical (unpaired) electrons. The third-order valence-corrected chi connectivity index (χ3v) is 13.3. The van der Waals surface area contributed by atoms with Crippen LogP contribution >= 0.6 is 23.1 Å². The molecule has 0 saturated heterocycles. The molecule has 178 valence electrons. The van der Waals surface area contributed by atoms with Gasteiger partial charge in [0.2, 0.25) is 0 Å². The lowest BCUT2D eigenvalue weighted by molar-refractivity contribution is -0.143. The van der Waals surface area contributed by atoms with Crippen molar-refractivity contribution in [2.75, 3.05) is 5.75 Å². The molecule has 7 atom stereocenters. The summed E-state index contributed by atoms with van der Waals surface area (Å²) in [5.41, 5.74) is 1.32. The zero-order valence-corrected chi connectivity index (χ0v) is 21.9. The molecule has 0 bridgehead atoms. The van der Waals surface area contributed by atoms with E-state index in [0.717, 1.165) is 34.3 Å². The van der Waals surface area contributed by atoms with Crippen LogP contribution < -0.4 is 0 Å². The normalized spacial score (nSPS) is 42.4. The molecule has 4 aliphatic rings. The van der Waals surface area contributed by atoms with Gasteiger partial charge in [0.15, 0.2) is 0 Å². The largest absolute Gasteiger partial charge is 0.388 e. The lowest BCUT2D eigenvalue weighted by Crippen LogP contribution is -2.56. The van der Waals surface area contributed by atoms with Crippen molar-refractivity contribution in [1.29, 1.82) is 0 Å². The minimum atomic E-state index is -0.559. The van der Waals surface area contributed by atoms with E-state index < -0.39 is 5.60 Å². The van der Waals surface area contributed by atoms with Crippen molar-refractivity contribution in [2.45, 2.75) is 88.0 Å². The summed E-state index contributed by atoms with van der Waals surface area (Å²) in [6, 6.07) is 10.5. The summed E-state index contributed by atoms with van der Waals surface area (Å²) in [5, 5.41) is 12.1. The average Bonchev–Trinajstić information content (AvgIpc) is 3.41. The van der Waals surface area contributed by atoms with Crippen molar-refractivity contribution >= 4 is 23.1 Å². The van der Waals surface area contributed by atoms with Gasteiger partial charge < -0.3 is 5.11 Å². The molecule has 4 heteroatoms. The van der Waals surface area contributed by atoms with Crippen LogP contribution in [0.3, 0.4) is 0 Å². The highest BCUT2D eigenvalue weighted by Crippen LogP contribution is 2.68. The maximum Gasteiger partial charge on any atom is 0.150 e. The highest BCUT2D eigenvalue weighted by atomic mass is 32.2. The monoisotopic (exact) mass is 481 g/mol. The third-order valence-electron chi connectivity index (χ3n) is 10.9. The van der Waals surface area contributed by atoms with Gasteiger partial charge in [-0.2, -0.15) is 0 Å². The van der Waals surface area contributed by atoms with E-state index in [1.165, 1.54) is 68.2 Å². The second-order valence-corrected chi connectivity index (χ2v) is 14.3. The molecule has 0 spiro atoms. The van der Waals surface area contributed by atoms with E-state index >= 15 is 0 Å². The number of aliphatic hydroxyl groups is 1. The van der Waals surface area contributed by atoms with E-state index in [1.54, 1.807) is 23.1 Å². The number of hydrogen-bond donors (Lipinski definition) is 1. The average molecular weight is 482 g/mol. The lowest BCUT2D eigenvalue weighted by Gasteiger charge is -2.61. The molecule has 4 aliphatic carbocycles. The van der Waals surface area contributed by atoms with Gasteiger partial charge in [0.1, 0.15) is 4.34 Å². The van der Waals surface area contributed by atoms with Gasteiger partial charge in [0.05, 0.1) is 10.5 Å². The molecule has 33 heavy (non-hydrogen) atoms. The molecule has 2 nitrogen and oxygen atoms in total. The molecule has 1 N–H and O–H groups in total. The van der Waals surface area contributed by atoms with Gasteiger partial charge in [0.25, 0.3) is 0 Å². The van der Waals surface area contributed by atoms with Crippen molar-refractivity contribution < 1.29 is 5.11 Å². The summed E-state index contributed by atoms with van der Waals surface area (Å²) in [5.74, 6) is 4.21. The Morgan fingerprint density at radius 2 is 1.79 bits per heavy atom. The summed E-state index contributed by atoms with van der Waals surface area (Å²) in [6.07, 6.45) is 15.4. The Balaban J connectivity index is 1.18. The molecule has 1 aromatic carbocycles. The summed E-state index contributed by atoms with van der Waals surface area (Å²) in [7, 11) is 0. The van der Waals surface area contributed by atoms with Crippen LogP contribution in [0.25, 0.3) is 10.4 Å². The van der Waals surface area contributed by atoms with Crippen LogP contribution in [0.5, 0.6) is 0 Å². The number of benzene rings is 1. The molecule has 4 unspecified atom stereocenters. The molecular formula is C29H39NOS2. The van der Waals surface area contributed by atoms with E-state index in [4.69, 9.17) is 4.98 Å². The molecular weight excluding hydrogens is 442 g/mol. The second-order valence-electron chi connectivity index (χ2n) is 12.1. The van der Waals surface area contributed by atoms with Gasteiger partial charge in [-0.05, 0) is 86.0 Å². The van der Waals surface area contributed by atoms with E-state index in [0.29, 0.717) is 11.3 Å². The topological polar surface area (TPSA) is 33.1 Å². The Morgan fingerprint density at radius 3 is 2.64 bits per heavy atom. The fourth-order valence-electron chi connectivity index (χ4n) is 8.88. The molecule has 1 aromatic heterocycles. The fourth-order valence-corrected chi connectivity index (χ4v) is 11.2. The number of thiazole rings is 1. The van der Waals surface area contributed by atoms with Crippen molar-refractivity contribution in [3.63, 3.8) is 0 Å². The highest BCUT2D eigenvalue weighted by molar-refractivity contribution is 8.01. The zero-order valence-electron chi connectivity index (χ0n) is 20.3. The van der Waals surface area contributed by atoms with Gasteiger partial charge in [-0.25, -0.2) is 4.98 Å². The van der Waals surface area contributed by atoms with Crippen LogP contribution in [0.4, 0.5) is 0 Å². The first-order valence-corrected chi connectivity index (χ1v) is 15.1. The maximum atomic E-state index is 12.1. The number of thioether (sulfide) groups is 1. The number of nitrogens with zero attached hydrogens (tertiary/aromatic N) is 1. The van der Waals surface area contributed by atoms with Crippen molar-refractivity contribution in [1.82, 2.24) is 4.98 Å². The number of hydrogen-bond acceptors (Lipinski definition) is 4. The van der Waals surface area contributed by atoms with Gasteiger partial charge in [-0.1, -0.05) is 68.8 Å². The molecule has 4 fully saturated rings. The molecule has 4 saturated carbocycles. The Hall–Kier alpha value is -0.840. The van der Waals surface area contributed by atoms with E-state index in [9.17, 15) is 5.11 Å². The van der Waals surface area contributed by atoms with Crippen LogP contribution in [0.1, 0.15) is 78.1 Å². The molecule has 0 aliphatic heterocycles. The first-order valence-electron chi connectivity index (χ1n) is 13.3. The quantitative estimate of drug-likeness (QED) is 0.448.